The topological polar surface area (TPSA) is 58.8 Å². The lowest BCUT2D eigenvalue weighted by Crippen LogP contribution is -2.54. The Labute approximate surface area is 135 Å². The van der Waals surface area contributed by atoms with Crippen molar-refractivity contribution in [2.75, 3.05) is 30.3 Å². The van der Waals surface area contributed by atoms with Crippen molar-refractivity contribution < 1.29 is 18.3 Å². The number of rotatable bonds is 1. The van der Waals surface area contributed by atoms with Crippen molar-refractivity contribution in [3.63, 3.8) is 0 Å². The van der Waals surface area contributed by atoms with Crippen molar-refractivity contribution in [3.05, 3.63) is 23.8 Å². The Morgan fingerprint density at radius 2 is 1.91 bits per heavy atom. The number of anilines is 2. The smallest absolute Gasteiger partial charge is 0.410 e. The minimum Gasteiger partial charge on any atom is -0.444 e. The number of nitrogens with two attached hydrogens (primary N) is 1. The van der Waals surface area contributed by atoms with E-state index in [1.807, 2.05) is 6.92 Å². The summed E-state index contributed by atoms with van der Waals surface area (Å²) in [4.78, 5) is 15.4. The first-order chi connectivity index (χ1) is 10.6. The quantitative estimate of drug-likeness (QED) is 0.806. The van der Waals surface area contributed by atoms with Crippen LogP contribution in [0.25, 0.3) is 0 Å². The second-order valence-electron chi connectivity index (χ2n) is 6.79. The first-order valence-electron chi connectivity index (χ1n) is 7.57. The van der Waals surface area contributed by atoms with E-state index >= 15 is 0 Å². The number of halogens is 2. The van der Waals surface area contributed by atoms with Gasteiger partial charge in [-0.05, 0) is 27.7 Å². The highest BCUT2D eigenvalue weighted by Crippen LogP contribution is 2.28. The van der Waals surface area contributed by atoms with E-state index in [-0.39, 0.29) is 17.4 Å². The number of carbonyl (C=O) groups excluding carboxylic acids is 1. The average molecular weight is 327 g/mol. The molecule has 1 aliphatic rings. The molecule has 0 aromatic heterocycles. The van der Waals surface area contributed by atoms with Gasteiger partial charge in [-0.2, -0.15) is 0 Å². The van der Waals surface area contributed by atoms with Gasteiger partial charge in [0.25, 0.3) is 0 Å². The summed E-state index contributed by atoms with van der Waals surface area (Å²) < 4.78 is 33.0. The summed E-state index contributed by atoms with van der Waals surface area (Å²) in [6, 6.07) is 1.91. The van der Waals surface area contributed by atoms with Crippen molar-refractivity contribution in [2.24, 2.45) is 0 Å². The maximum atomic E-state index is 14.1. The molecule has 1 saturated heterocycles. The van der Waals surface area contributed by atoms with Gasteiger partial charge in [-0.1, -0.05) is 0 Å². The number of ether oxygens (including phenoxy) is 1. The summed E-state index contributed by atoms with van der Waals surface area (Å²) >= 11 is 0. The summed E-state index contributed by atoms with van der Waals surface area (Å²) in [5.74, 6) is -1.22. The van der Waals surface area contributed by atoms with Gasteiger partial charge >= 0.3 is 6.09 Å². The van der Waals surface area contributed by atoms with Crippen molar-refractivity contribution in [3.8, 4) is 0 Å². The normalized spacial score (nSPS) is 19.0. The average Bonchev–Trinajstić information content (AvgIpc) is 2.41. The number of nitrogen functional groups attached to an aromatic ring is 1. The first kappa shape index (κ1) is 17.3. The Hall–Kier alpha value is -2.05. The molecule has 0 unspecified atom stereocenters. The number of piperazine rings is 1. The lowest BCUT2D eigenvalue weighted by molar-refractivity contribution is 0.0218. The third kappa shape index (κ3) is 4.03. The lowest BCUT2D eigenvalue weighted by Gasteiger charge is -2.41. The first-order valence-corrected chi connectivity index (χ1v) is 7.57. The van der Waals surface area contributed by atoms with Crippen molar-refractivity contribution in [1.29, 1.82) is 0 Å². The van der Waals surface area contributed by atoms with Crippen LogP contribution in [-0.2, 0) is 4.74 Å². The summed E-state index contributed by atoms with van der Waals surface area (Å²) in [5, 5.41) is 0. The number of carbonyl (C=O) groups is 1. The van der Waals surface area contributed by atoms with Crippen LogP contribution in [0.1, 0.15) is 27.7 Å². The third-order valence-corrected chi connectivity index (χ3v) is 3.65. The molecule has 1 atom stereocenters. The van der Waals surface area contributed by atoms with Gasteiger partial charge in [0.1, 0.15) is 17.2 Å². The molecule has 0 aliphatic carbocycles. The summed E-state index contributed by atoms with van der Waals surface area (Å²) in [7, 11) is 0. The zero-order chi connectivity index (χ0) is 17.4. The number of amides is 1. The van der Waals surface area contributed by atoms with Gasteiger partial charge in [-0.25, -0.2) is 13.6 Å². The van der Waals surface area contributed by atoms with Crippen molar-refractivity contribution in [2.45, 2.75) is 39.3 Å². The zero-order valence-corrected chi connectivity index (χ0v) is 13.9. The van der Waals surface area contributed by atoms with Crippen LogP contribution < -0.4 is 10.6 Å². The Kier molecular flexibility index (Phi) is 4.68. The number of nitrogens with zero attached hydrogens (tertiary/aromatic N) is 2. The fraction of sp³-hybridized carbons (Fsp3) is 0.562. The van der Waals surface area contributed by atoms with Crippen LogP contribution in [-0.4, -0.2) is 42.3 Å². The molecule has 1 aromatic carbocycles. The van der Waals surface area contributed by atoms with E-state index in [0.29, 0.717) is 19.6 Å². The summed E-state index contributed by atoms with van der Waals surface area (Å²) in [6.07, 6.45) is -0.395. The minimum absolute atomic E-state index is 0.160. The maximum Gasteiger partial charge on any atom is 0.410 e. The SMILES string of the molecule is C[C@@H]1CN(C(=O)OC(C)(C)C)CCN1c1cc(F)c(N)cc1F. The molecule has 7 heteroatoms. The van der Waals surface area contributed by atoms with Crippen LogP contribution in [0.2, 0.25) is 0 Å². The zero-order valence-electron chi connectivity index (χ0n) is 13.9. The molecule has 1 amide bonds. The van der Waals surface area contributed by atoms with E-state index in [1.54, 1.807) is 30.6 Å². The van der Waals surface area contributed by atoms with Gasteiger partial charge in [-0.3, -0.25) is 0 Å². The molecule has 1 aliphatic heterocycles. The Morgan fingerprint density at radius 1 is 1.26 bits per heavy atom. The molecule has 1 heterocycles. The van der Waals surface area contributed by atoms with E-state index < -0.39 is 23.3 Å². The van der Waals surface area contributed by atoms with Gasteiger partial charge in [0.05, 0.1) is 11.4 Å². The molecule has 5 nitrogen and oxygen atoms in total. The van der Waals surface area contributed by atoms with E-state index in [2.05, 4.69) is 0 Å². The van der Waals surface area contributed by atoms with Crippen LogP contribution in [0.5, 0.6) is 0 Å². The molecule has 128 valence electrons. The molecular formula is C16H23F2N3O2. The third-order valence-electron chi connectivity index (χ3n) is 3.65. The second kappa shape index (κ2) is 6.22. The molecule has 2 rings (SSSR count). The highest BCUT2D eigenvalue weighted by Gasteiger charge is 2.31. The van der Waals surface area contributed by atoms with E-state index in [4.69, 9.17) is 10.5 Å². The molecule has 0 spiro atoms. The predicted molar refractivity (Wildman–Crippen MR) is 85.4 cm³/mol. The standard InChI is InChI=1S/C16H23F2N3O2/c1-10-9-20(15(22)23-16(2,3)4)5-6-21(10)14-8-11(17)13(19)7-12(14)18/h7-8,10H,5-6,9,19H2,1-4H3/t10-/m1/s1. The van der Waals surface area contributed by atoms with Crippen molar-refractivity contribution >= 4 is 17.5 Å². The Bertz CT molecular complexity index is 602. The highest BCUT2D eigenvalue weighted by atomic mass is 19.1. The van der Waals surface area contributed by atoms with Crippen LogP contribution >= 0.6 is 0 Å². The van der Waals surface area contributed by atoms with Crippen LogP contribution in [0.4, 0.5) is 25.0 Å². The fourth-order valence-electron chi connectivity index (χ4n) is 2.58. The number of hydrogen-bond donors (Lipinski definition) is 1. The molecule has 0 saturated carbocycles. The van der Waals surface area contributed by atoms with Crippen molar-refractivity contribution in [1.82, 2.24) is 4.90 Å². The number of hydrogen-bond acceptors (Lipinski definition) is 4. The van der Waals surface area contributed by atoms with Gasteiger partial charge in [0, 0.05) is 37.8 Å². The lowest BCUT2D eigenvalue weighted by atomic mass is 10.1. The van der Waals surface area contributed by atoms with Gasteiger partial charge in [-0.15, -0.1) is 0 Å². The molecule has 1 fully saturated rings. The van der Waals surface area contributed by atoms with E-state index in [1.165, 1.54) is 0 Å². The van der Waals surface area contributed by atoms with E-state index in [9.17, 15) is 13.6 Å². The van der Waals surface area contributed by atoms with Gasteiger partial charge < -0.3 is 20.3 Å². The summed E-state index contributed by atoms with van der Waals surface area (Å²) in [5.41, 5.74) is 4.75. The Morgan fingerprint density at radius 3 is 2.48 bits per heavy atom. The number of benzene rings is 1. The second-order valence-corrected chi connectivity index (χ2v) is 6.79. The molecule has 0 bridgehead atoms. The fourth-order valence-corrected chi connectivity index (χ4v) is 2.58. The van der Waals surface area contributed by atoms with Gasteiger partial charge in [0.15, 0.2) is 0 Å². The molecule has 0 radical (unpaired) electrons. The molecule has 1 aromatic rings. The van der Waals surface area contributed by atoms with Crippen LogP contribution in [0.15, 0.2) is 12.1 Å². The minimum atomic E-state index is -0.650. The molecule has 2 N–H and O–H groups in total. The largest absolute Gasteiger partial charge is 0.444 e. The summed E-state index contributed by atoms with van der Waals surface area (Å²) in [6.45, 7) is 8.40. The van der Waals surface area contributed by atoms with Crippen LogP contribution in [0, 0.1) is 11.6 Å². The Balaban J connectivity index is 2.10. The maximum absolute atomic E-state index is 14.1. The highest BCUT2D eigenvalue weighted by molar-refractivity contribution is 5.69. The monoisotopic (exact) mass is 327 g/mol. The molecular weight excluding hydrogens is 304 g/mol. The predicted octanol–water partition coefficient (Wildman–Crippen LogP) is 2.99. The molecule has 23 heavy (non-hydrogen) atoms. The van der Waals surface area contributed by atoms with E-state index in [0.717, 1.165) is 12.1 Å². The van der Waals surface area contributed by atoms with Crippen LogP contribution in [0.3, 0.4) is 0 Å². The van der Waals surface area contributed by atoms with Gasteiger partial charge in [0.2, 0.25) is 0 Å².